The molecule has 0 radical (unpaired) electrons. The van der Waals surface area contributed by atoms with Crippen LogP contribution in [0, 0.1) is 0 Å². The number of rotatable bonds is 7. The highest BCUT2D eigenvalue weighted by atomic mass is 79.9. The van der Waals surface area contributed by atoms with Crippen molar-refractivity contribution in [2.75, 3.05) is 5.33 Å². The van der Waals surface area contributed by atoms with Crippen LogP contribution in [-0.4, -0.2) is 11.1 Å². The molecule has 0 fully saturated rings. The van der Waals surface area contributed by atoms with Gasteiger partial charge in [-0.1, -0.05) is 52.5 Å². The van der Waals surface area contributed by atoms with E-state index in [1.54, 1.807) is 12.1 Å². The van der Waals surface area contributed by atoms with Crippen LogP contribution in [0.5, 0.6) is 0 Å². The molecule has 0 aromatic heterocycles. The maximum absolute atomic E-state index is 11.8. The lowest BCUT2D eigenvalue weighted by Gasteiger charge is -2.01. The lowest BCUT2D eigenvalue weighted by molar-refractivity contribution is 0.0979. The number of alkyl halides is 1. The lowest BCUT2D eigenvalue weighted by atomic mass is 10.0. The standard InChI is InChI=1S/C13H16BrClO/c14-9-4-2-1-3-8-13(16)11-6-5-7-12(15)10-11/h5-7,10H,1-4,8-9H2. The van der Waals surface area contributed by atoms with Crippen molar-refractivity contribution >= 4 is 33.3 Å². The maximum Gasteiger partial charge on any atom is 0.162 e. The van der Waals surface area contributed by atoms with Gasteiger partial charge in [-0.3, -0.25) is 4.79 Å². The fourth-order valence-corrected chi connectivity index (χ4v) is 2.13. The molecular formula is C13H16BrClO. The van der Waals surface area contributed by atoms with Gasteiger partial charge in [-0.05, 0) is 25.0 Å². The van der Waals surface area contributed by atoms with E-state index in [4.69, 9.17) is 11.6 Å². The molecule has 3 heteroatoms. The number of halogens is 2. The summed E-state index contributed by atoms with van der Waals surface area (Å²) in [6.45, 7) is 0. The van der Waals surface area contributed by atoms with Crippen molar-refractivity contribution in [2.45, 2.75) is 32.1 Å². The highest BCUT2D eigenvalue weighted by Crippen LogP contribution is 2.14. The van der Waals surface area contributed by atoms with Crippen LogP contribution >= 0.6 is 27.5 Å². The predicted molar refractivity (Wildman–Crippen MR) is 72.7 cm³/mol. The van der Waals surface area contributed by atoms with E-state index in [0.29, 0.717) is 11.4 Å². The fraction of sp³-hybridized carbons (Fsp3) is 0.462. The van der Waals surface area contributed by atoms with Gasteiger partial charge in [-0.2, -0.15) is 0 Å². The number of hydrogen-bond acceptors (Lipinski definition) is 1. The summed E-state index contributed by atoms with van der Waals surface area (Å²) in [6, 6.07) is 7.17. The van der Waals surface area contributed by atoms with Gasteiger partial charge in [0, 0.05) is 22.3 Å². The van der Waals surface area contributed by atoms with Crippen LogP contribution in [0.4, 0.5) is 0 Å². The minimum atomic E-state index is 0.196. The molecule has 0 aliphatic carbocycles. The van der Waals surface area contributed by atoms with Crippen LogP contribution in [-0.2, 0) is 0 Å². The number of Topliss-reactive ketones (excluding diaryl/α,β-unsaturated/α-hetero) is 1. The Morgan fingerprint density at radius 1 is 1.19 bits per heavy atom. The molecule has 0 atom stereocenters. The predicted octanol–water partition coefficient (Wildman–Crippen LogP) is 4.87. The van der Waals surface area contributed by atoms with Crippen molar-refractivity contribution in [1.82, 2.24) is 0 Å². The lowest BCUT2D eigenvalue weighted by Crippen LogP contribution is -1.98. The van der Waals surface area contributed by atoms with Gasteiger partial charge in [-0.25, -0.2) is 0 Å². The van der Waals surface area contributed by atoms with Gasteiger partial charge in [-0.15, -0.1) is 0 Å². The minimum absolute atomic E-state index is 0.196. The summed E-state index contributed by atoms with van der Waals surface area (Å²) in [5, 5.41) is 1.68. The average Bonchev–Trinajstić information content (AvgIpc) is 2.28. The van der Waals surface area contributed by atoms with E-state index in [9.17, 15) is 4.79 Å². The van der Waals surface area contributed by atoms with E-state index < -0.39 is 0 Å². The van der Waals surface area contributed by atoms with Crippen LogP contribution in [0.25, 0.3) is 0 Å². The Hall–Kier alpha value is -0.340. The zero-order valence-electron chi connectivity index (χ0n) is 9.22. The summed E-state index contributed by atoms with van der Waals surface area (Å²) >= 11 is 9.23. The molecule has 16 heavy (non-hydrogen) atoms. The van der Waals surface area contributed by atoms with E-state index in [1.165, 1.54) is 12.8 Å². The quantitative estimate of drug-likeness (QED) is 0.399. The number of benzene rings is 1. The normalized spacial score (nSPS) is 10.4. The molecule has 88 valence electrons. The molecule has 0 N–H and O–H groups in total. The van der Waals surface area contributed by atoms with E-state index in [0.717, 1.165) is 23.7 Å². The highest BCUT2D eigenvalue weighted by molar-refractivity contribution is 9.09. The van der Waals surface area contributed by atoms with Crippen molar-refractivity contribution in [1.29, 1.82) is 0 Å². The Balaban J connectivity index is 2.30. The van der Waals surface area contributed by atoms with Crippen molar-refractivity contribution in [3.8, 4) is 0 Å². The summed E-state index contributed by atoms with van der Waals surface area (Å²) in [5.74, 6) is 0.196. The fourth-order valence-electron chi connectivity index (χ4n) is 1.54. The van der Waals surface area contributed by atoms with Gasteiger partial charge < -0.3 is 0 Å². The Kier molecular flexibility index (Phi) is 6.74. The Morgan fingerprint density at radius 3 is 2.62 bits per heavy atom. The van der Waals surface area contributed by atoms with Gasteiger partial charge in [0.2, 0.25) is 0 Å². The third-order valence-corrected chi connectivity index (χ3v) is 3.23. The Bertz CT molecular complexity index is 338. The minimum Gasteiger partial charge on any atom is -0.294 e. The molecule has 0 aliphatic heterocycles. The first-order chi connectivity index (χ1) is 7.74. The molecule has 0 spiro atoms. The van der Waals surface area contributed by atoms with Crippen LogP contribution in [0.1, 0.15) is 42.5 Å². The van der Waals surface area contributed by atoms with Crippen LogP contribution in [0.15, 0.2) is 24.3 Å². The second-order valence-electron chi connectivity index (χ2n) is 3.79. The number of ketones is 1. The molecule has 0 heterocycles. The van der Waals surface area contributed by atoms with Crippen LogP contribution in [0.3, 0.4) is 0 Å². The van der Waals surface area contributed by atoms with E-state index in [1.807, 2.05) is 12.1 Å². The number of unbranched alkanes of at least 4 members (excludes halogenated alkanes) is 3. The smallest absolute Gasteiger partial charge is 0.162 e. The van der Waals surface area contributed by atoms with Crippen LogP contribution in [0.2, 0.25) is 5.02 Å². The third-order valence-electron chi connectivity index (χ3n) is 2.43. The summed E-state index contributed by atoms with van der Waals surface area (Å²) < 4.78 is 0. The molecule has 0 saturated heterocycles. The Labute approximate surface area is 110 Å². The zero-order chi connectivity index (χ0) is 11.8. The summed E-state index contributed by atoms with van der Waals surface area (Å²) in [6.07, 6.45) is 5.10. The largest absolute Gasteiger partial charge is 0.294 e. The van der Waals surface area contributed by atoms with E-state index >= 15 is 0 Å². The van der Waals surface area contributed by atoms with Crippen molar-refractivity contribution < 1.29 is 4.79 Å². The molecule has 1 aromatic carbocycles. The van der Waals surface area contributed by atoms with E-state index in [-0.39, 0.29) is 5.78 Å². The zero-order valence-corrected chi connectivity index (χ0v) is 11.6. The van der Waals surface area contributed by atoms with E-state index in [2.05, 4.69) is 15.9 Å². The highest BCUT2D eigenvalue weighted by Gasteiger charge is 2.05. The first kappa shape index (κ1) is 13.7. The van der Waals surface area contributed by atoms with Gasteiger partial charge in [0.05, 0.1) is 0 Å². The summed E-state index contributed by atoms with van der Waals surface area (Å²) in [4.78, 5) is 11.8. The molecule has 0 aliphatic rings. The second-order valence-corrected chi connectivity index (χ2v) is 5.02. The molecule has 1 rings (SSSR count). The monoisotopic (exact) mass is 302 g/mol. The van der Waals surface area contributed by atoms with Crippen molar-refractivity contribution in [3.05, 3.63) is 34.9 Å². The molecule has 0 amide bonds. The molecule has 0 saturated carbocycles. The maximum atomic E-state index is 11.8. The Morgan fingerprint density at radius 2 is 1.94 bits per heavy atom. The van der Waals surface area contributed by atoms with Crippen LogP contribution < -0.4 is 0 Å². The van der Waals surface area contributed by atoms with Gasteiger partial charge in [0.15, 0.2) is 5.78 Å². The summed E-state index contributed by atoms with van der Waals surface area (Å²) in [5.41, 5.74) is 0.730. The molecular weight excluding hydrogens is 287 g/mol. The van der Waals surface area contributed by atoms with Crippen molar-refractivity contribution in [2.24, 2.45) is 0 Å². The first-order valence-corrected chi connectivity index (χ1v) is 7.08. The number of carbonyl (C=O) groups is 1. The second kappa shape index (κ2) is 7.86. The number of carbonyl (C=O) groups excluding carboxylic acids is 1. The first-order valence-electron chi connectivity index (χ1n) is 5.59. The molecule has 0 unspecified atom stereocenters. The molecule has 1 nitrogen and oxygen atoms in total. The summed E-state index contributed by atoms with van der Waals surface area (Å²) in [7, 11) is 0. The number of hydrogen-bond donors (Lipinski definition) is 0. The van der Waals surface area contributed by atoms with Gasteiger partial charge in [0.25, 0.3) is 0 Å². The van der Waals surface area contributed by atoms with Gasteiger partial charge >= 0.3 is 0 Å². The third kappa shape index (κ3) is 5.13. The van der Waals surface area contributed by atoms with Gasteiger partial charge in [0.1, 0.15) is 0 Å². The average molecular weight is 304 g/mol. The SMILES string of the molecule is O=C(CCCCCCBr)c1cccc(Cl)c1. The van der Waals surface area contributed by atoms with Crippen molar-refractivity contribution in [3.63, 3.8) is 0 Å². The topological polar surface area (TPSA) is 17.1 Å². The molecule has 0 bridgehead atoms. The molecule has 1 aromatic rings.